The Morgan fingerprint density at radius 2 is 1.86 bits per heavy atom. The van der Waals surface area contributed by atoms with Crippen molar-refractivity contribution in [2.75, 3.05) is 42.7 Å². The molecule has 1 heterocycles. The average molecular weight is 498 g/mol. The molecule has 0 bridgehead atoms. The molecule has 4 N–H and O–H groups in total. The molecular weight excluding hydrogens is 470 g/mol. The van der Waals surface area contributed by atoms with Crippen molar-refractivity contribution in [3.8, 4) is 5.75 Å². The van der Waals surface area contributed by atoms with Crippen molar-refractivity contribution in [2.24, 2.45) is 10.7 Å². The number of amides is 2. The number of nitrogens with two attached hydrogens (primary N) is 1. The van der Waals surface area contributed by atoms with Crippen LogP contribution >= 0.6 is 12.6 Å². The van der Waals surface area contributed by atoms with Gasteiger partial charge in [0.15, 0.2) is 0 Å². The van der Waals surface area contributed by atoms with Gasteiger partial charge in [0.05, 0.1) is 29.3 Å². The highest BCUT2D eigenvalue weighted by molar-refractivity contribution is 7.80. The number of aromatic hydroxyl groups is 1. The minimum absolute atomic E-state index is 0.139. The van der Waals surface area contributed by atoms with E-state index in [2.05, 4.69) is 17.6 Å². The Morgan fingerprint density at radius 3 is 2.54 bits per heavy atom. The molecule has 35 heavy (non-hydrogen) atoms. The number of hydrogen-bond donors (Lipinski definition) is 4. The smallest absolute Gasteiger partial charge is 0.323 e. The third kappa shape index (κ3) is 5.64. The molecule has 1 unspecified atom stereocenters. The molecule has 11 heteroatoms. The molecule has 2 aromatic rings. The van der Waals surface area contributed by atoms with E-state index in [4.69, 9.17) is 10.8 Å². The van der Waals surface area contributed by atoms with E-state index in [1.54, 1.807) is 41.4 Å². The fraction of sp³-hybridized carbons (Fsp3) is 0.250. The summed E-state index contributed by atoms with van der Waals surface area (Å²) in [6.07, 6.45) is 3.13. The zero-order chi connectivity index (χ0) is 25.7. The molecule has 0 saturated heterocycles. The molecule has 184 valence electrons. The molecule has 0 fully saturated rings. The second-order valence-electron chi connectivity index (χ2n) is 7.94. The van der Waals surface area contributed by atoms with E-state index in [0.717, 1.165) is 10.5 Å². The van der Waals surface area contributed by atoms with Crippen LogP contribution in [0.3, 0.4) is 0 Å². The van der Waals surface area contributed by atoms with E-state index in [-0.39, 0.29) is 23.7 Å². The number of nitrogens with zero attached hydrogens (tertiary/aromatic N) is 4. The van der Waals surface area contributed by atoms with Crippen LogP contribution in [0.2, 0.25) is 0 Å². The van der Waals surface area contributed by atoms with E-state index in [9.17, 15) is 19.5 Å². The number of carbonyl (C=O) groups is 3. The van der Waals surface area contributed by atoms with E-state index in [0.29, 0.717) is 16.9 Å². The normalized spacial score (nSPS) is 13.4. The number of carboxylic acids is 1. The standard InChI is InChI=1S/C24H27N5O5S/c1-27(13-22(31)32)21(30)12-29-18-8-4-3-6-15(18)10-26-11-20(29)16-7-5-9-19(23(16)33)28(2)24(34)17(25)14-35/h3-11,17,33,35H,12-14,25H2,1-2H3,(H,31,32). The van der Waals surface area contributed by atoms with Crippen LogP contribution in [0.4, 0.5) is 11.4 Å². The van der Waals surface area contributed by atoms with Gasteiger partial charge in [-0.15, -0.1) is 0 Å². The molecule has 0 radical (unpaired) electrons. The van der Waals surface area contributed by atoms with Crippen molar-refractivity contribution in [1.82, 2.24) is 4.90 Å². The van der Waals surface area contributed by atoms with Crippen molar-refractivity contribution >= 4 is 53.7 Å². The SMILES string of the molecule is CN(CC(=O)O)C(=O)CN1C(c2cccc(N(C)C(=O)C(N)CS)c2O)=CN=Cc2ccccc21. The van der Waals surface area contributed by atoms with Crippen LogP contribution < -0.4 is 15.5 Å². The molecule has 0 saturated carbocycles. The summed E-state index contributed by atoms with van der Waals surface area (Å²) in [4.78, 5) is 45.0. The predicted octanol–water partition coefficient (Wildman–Crippen LogP) is 1.39. The minimum Gasteiger partial charge on any atom is -0.505 e. The lowest BCUT2D eigenvalue weighted by Crippen LogP contribution is -2.43. The Labute approximate surface area is 208 Å². The summed E-state index contributed by atoms with van der Waals surface area (Å²) in [5.74, 6) is -2.06. The number of anilines is 2. The number of benzene rings is 2. The van der Waals surface area contributed by atoms with Gasteiger partial charge in [0, 0.05) is 37.2 Å². The molecule has 0 spiro atoms. The van der Waals surface area contributed by atoms with Gasteiger partial charge in [0.1, 0.15) is 18.8 Å². The second kappa shape index (κ2) is 11.1. The first kappa shape index (κ1) is 25.8. The summed E-state index contributed by atoms with van der Waals surface area (Å²) >= 11 is 4.07. The summed E-state index contributed by atoms with van der Waals surface area (Å²) in [6.45, 7) is -0.665. The molecule has 1 atom stereocenters. The lowest BCUT2D eigenvalue weighted by molar-refractivity contribution is -0.142. The van der Waals surface area contributed by atoms with Gasteiger partial charge in [0.2, 0.25) is 11.8 Å². The molecule has 1 aliphatic rings. The van der Waals surface area contributed by atoms with Crippen LogP contribution in [0.15, 0.2) is 53.7 Å². The number of hydrogen-bond acceptors (Lipinski definition) is 8. The van der Waals surface area contributed by atoms with E-state index < -0.39 is 30.4 Å². The number of carbonyl (C=O) groups excluding carboxylic acids is 2. The molecule has 2 aromatic carbocycles. The van der Waals surface area contributed by atoms with E-state index in [1.807, 2.05) is 12.1 Å². The second-order valence-corrected chi connectivity index (χ2v) is 8.31. The number of phenols is 1. The zero-order valence-corrected chi connectivity index (χ0v) is 20.2. The number of rotatable bonds is 8. The maximum absolute atomic E-state index is 12.9. The van der Waals surface area contributed by atoms with Gasteiger partial charge in [-0.2, -0.15) is 12.6 Å². The third-order valence-corrected chi connectivity index (χ3v) is 5.91. The molecule has 10 nitrogen and oxygen atoms in total. The van der Waals surface area contributed by atoms with Gasteiger partial charge >= 0.3 is 5.97 Å². The van der Waals surface area contributed by atoms with Gasteiger partial charge in [-0.25, -0.2) is 0 Å². The van der Waals surface area contributed by atoms with Gasteiger partial charge in [0.25, 0.3) is 0 Å². The fourth-order valence-electron chi connectivity index (χ4n) is 3.62. The maximum atomic E-state index is 12.9. The molecule has 0 aromatic heterocycles. The fourth-order valence-corrected chi connectivity index (χ4v) is 3.77. The lowest BCUT2D eigenvalue weighted by atomic mass is 10.1. The maximum Gasteiger partial charge on any atom is 0.323 e. The summed E-state index contributed by atoms with van der Waals surface area (Å²) in [5, 5.41) is 20.3. The molecule has 3 rings (SSSR count). The number of aliphatic imine (C=N–C) groups is 1. The van der Waals surface area contributed by atoms with E-state index >= 15 is 0 Å². The quantitative estimate of drug-likeness (QED) is 0.404. The number of phenolic OH excluding ortho intramolecular Hbond substituents is 1. The summed E-state index contributed by atoms with van der Waals surface area (Å²) in [7, 11) is 2.91. The summed E-state index contributed by atoms with van der Waals surface area (Å²) < 4.78 is 0. The minimum atomic E-state index is -1.13. The first-order valence-corrected chi connectivity index (χ1v) is 11.3. The predicted molar refractivity (Wildman–Crippen MR) is 138 cm³/mol. The Bertz CT molecular complexity index is 1200. The number of fused-ring (bicyclic) bond motifs is 1. The topological polar surface area (TPSA) is 140 Å². The monoisotopic (exact) mass is 497 g/mol. The van der Waals surface area contributed by atoms with Crippen LogP contribution in [-0.2, 0) is 14.4 Å². The summed E-state index contributed by atoms with van der Waals surface area (Å²) in [5.41, 5.74) is 8.14. The first-order valence-electron chi connectivity index (χ1n) is 10.7. The van der Waals surface area contributed by atoms with Gasteiger partial charge in [-0.05, 0) is 18.2 Å². The highest BCUT2D eigenvalue weighted by Crippen LogP contribution is 2.39. The van der Waals surface area contributed by atoms with Gasteiger partial charge < -0.3 is 30.6 Å². The number of aliphatic carboxylic acids is 1. The Morgan fingerprint density at radius 1 is 1.14 bits per heavy atom. The van der Waals surface area contributed by atoms with E-state index in [1.165, 1.54) is 25.2 Å². The highest BCUT2D eigenvalue weighted by Gasteiger charge is 2.27. The van der Waals surface area contributed by atoms with Crippen LogP contribution in [0.1, 0.15) is 11.1 Å². The van der Waals surface area contributed by atoms with Crippen molar-refractivity contribution in [3.63, 3.8) is 0 Å². The van der Waals surface area contributed by atoms with Crippen LogP contribution in [0.5, 0.6) is 5.75 Å². The molecule has 0 aliphatic carbocycles. The van der Waals surface area contributed by atoms with Crippen molar-refractivity contribution in [3.05, 3.63) is 59.8 Å². The summed E-state index contributed by atoms with van der Waals surface area (Å²) in [6, 6.07) is 11.3. The molecule has 2 amide bonds. The Balaban J connectivity index is 2.07. The largest absolute Gasteiger partial charge is 0.505 e. The van der Waals surface area contributed by atoms with Crippen LogP contribution in [0, 0.1) is 0 Å². The number of carboxylic acid groups (broad SMARTS) is 1. The van der Waals surface area contributed by atoms with Crippen LogP contribution in [0.25, 0.3) is 5.70 Å². The zero-order valence-electron chi connectivity index (χ0n) is 19.3. The Kier molecular flexibility index (Phi) is 8.15. The Hall–Kier alpha value is -3.83. The number of para-hydroxylation sites is 2. The lowest BCUT2D eigenvalue weighted by Gasteiger charge is -2.30. The van der Waals surface area contributed by atoms with Gasteiger partial charge in [-0.1, -0.05) is 24.3 Å². The van der Waals surface area contributed by atoms with Crippen molar-refractivity contribution in [2.45, 2.75) is 6.04 Å². The number of likely N-dealkylation sites (N-methyl/N-ethyl adjacent to an activating group) is 2. The molecular formula is C24H27N5O5S. The third-order valence-electron chi connectivity index (χ3n) is 5.52. The average Bonchev–Trinajstić information content (AvgIpc) is 3.01. The van der Waals surface area contributed by atoms with Crippen LogP contribution in [-0.4, -0.2) is 78.1 Å². The highest BCUT2D eigenvalue weighted by atomic mass is 32.1. The van der Waals surface area contributed by atoms with Crippen molar-refractivity contribution in [1.29, 1.82) is 0 Å². The van der Waals surface area contributed by atoms with Gasteiger partial charge in [-0.3, -0.25) is 19.4 Å². The number of thiol groups is 1. The van der Waals surface area contributed by atoms with Crippen molar-refractivity contribution < 1.29 is 24.6 Å². The molecule has 1 aliphatic heterocycles. The first-order chi connectivity index (χ1) is 16.6.